The van der Waals surface area contributed by atoms with Crippen LogP contribution in [0.1, 0.15) is 284 Å². The average molecular weight is 1320 g/mol. The Kier molecular flexibility index (Phi) is 69.8. The monoisotopic (exact) mass is 1320 g/mol. The molecule has 0 fully saturated rings. The largest absolute Gasteiger partial charge is 0.477 e. The fraction of sp³-hybridized carbons (Fsp3) is 0.616. The Bertz CT molecular complexity index is 2220. The fourth-order valence-corrected chi connectivity index (χ4v) is 9.89. The summed E-state index contributed by atoms with van der Waals surface area (Å²) in [6, 6.07) is 0. The minimum Gasteiger partial charge on any atom is -0.477 e. The molecule has 0 bridgehead atoms. The summed E-state index contributed by atoms with van der Waals surface area (Å²) >= 11 is 0. The minimum atomic E-state index is -1.54. The van der Waals surface area contributed by atoms with Gasteiger partial charge in [0.25, 0.3) is 6.29 Å². The normalized spacial score (nSPS) is 13.7. The molecule has 536 valence electrons. The molecule has 0 aliphatic carbocycles. The third-order valence-electron chi connectivity index (χ3n) is 15.6. The molecule has 0 aromatic rings. The fourth-order valence-electron chi connectivity index (χ4n) is 9.89. The summed E-state index contributed by atoms with van der Waals surface area (Å²) in [4.78, 5) is 37.7. The third-order valence-corrected chi connectivity index (χ3v) is 15.6. The van der Waals surface area contributed by atoms with Crippen molar-refractivity contribution in [2.75, 3.05) is 47.5 Å². The van der Waals surface area contributed by atoms with Crippen LogP contribution in [0.5, 0.6) is 0 Å². The van der Waals surface area contributed by atoms with Crippen molar-refractivity contribution in [3.05, 3.63) is 182 Å². The highest BCUT2D eigenvalue weighted by Gasteiger charge is 2.25. The van der Waals surface area contributed by atoms with Crippen molar-refractivity contribution in [3.8, 4) is 0 Å². The Morgan fingerprint density at radius 2 is 0.600 bits per heavy atom. The predicted octanol–water partition coefficient (Wildman–Crippen LogP) is 24.4. The van der Waals surface area contributed by atoms with Crippen LogP contribution in [0.4, 0.5) is 0 Å². The van der Waals surface area contributed by atoms with E-state index in [0.717, 1.165) is 122 Å². The number of carboxylic acids is 1. The number of carbonyl (C=O) groups is 3. The average Bonchev–Trinajstić information content (AvgIpc) is 2.92. The first-order chi connectivity index (χ1) is 46.6. The lowest BCUT2D eigenvalue weighted by Crippen LogP contribution is -2.40. The maximum absolute atomic E-state index is 12.9. The Morgan fingerprint density at radius 1 is 0.326 bits per heavy atom. The lowest BCUT2D eigenvalue weighted by atomic mass is 10.0. The number of carbonyl (C=O) groups excluding carboxylic acids is 2. The van der Waals surface area contributed by atoms with Gasteiger partial charge in [0.05, 0.1) is 34.4 Å². The minimum absolute atomic E-state index is 0.170. The van der Waals surface area contributed by atoms with E-state index in [4.69, 9.17) is 18.9 Å². The number of carboxylic acid groups (broad SMARTS) is 1. The smallest absolute Gasteiger partial charge is 0.361 e. The lowest BCUT2D eigenvalue weighted by Gasteiger charge is -2.25. The van der Waals surface area contributed by atoms with E-state index in [1.165, 1.54) is 128 Å². The van der Waals surface area contributed by atoms with Gasteiger partial charge in [0, 0.05) is 12.8 Å². The van der Waals surface area contributed by atoms with Gasteiger partial charge in [0.15, 0.2) is 6.10 Å². The van der Waals surface area contributed by atoms with Crippen LogP contribution in [-0.2, 0) is 33.3 Å². The summed E-state index contributed by atoms with van der Waals surface area (Å²) in [7, 11) is 5.95. The van der Waals surface area contributed by atoms with Crippen molar-refractivity contribution in [1.29, 1.82) is 0 Å². The van der Waals surface area contributed by atoms with Crippen molar-refractivity contribution < 1.29 is 42.9 Å². The van der Waals surface area contributed by atoms with E-state index in [1.54, 1.807) is 0 Å². The van der Waals surface area contributed by atoms with E-state index < -0.39 is 24.3 Å². The first kappa shape index (κ1) is 89.4. The first-order valence-electron chi connectivity index (χ1n) is 37.9. The Morgan fingerprint density at radius 3 is 0.916 bits per heavy atom. The van der Waals surface area contributed by atoms with E-state index in [-0.39, 0.29) is 38.6 Å². The van der Waals surface area contributed by atoms with E-state index in [2.05, 4.69) is 196 Å². The van der Waals surface area contributed by atoms with Crippen molar-refractivity contribution in [1.82, 2.24) is 0 Å². The van der Waals surface area contributed by atoms with Crippen molar-refractivity contribution >= 4 is 17.9 Å². The number of hydrogen-bond acceptors (Lipinski definition) is 7. The summed E-state index contributed by atoms with van der Waals surface area (Å²) in [5.74, 6) is -2.08. The second-order valence-electron chi connectivity index (χ2n) is 25.9. The Balaban J connectivity index is 4.23. The summed E-state index contributed by atoms with van der Waals surface area (Å²) in [5, 5.41) is 9.76. The summed E-state index contributed by atoms with van der Waals surface area (Å²) in [5.41, 5.74) is 0. The molecule has 2 atom stereocenters. The molecule has 0 aromatic heterocycles. The highest BCUT2D eigenvalue weighted by Crippen LogP contribution is 2.16. The molecule has 95 heavy (non-hydrogen) atoms. The molecule has 9 heteroatoms. The molecule has 0 saturated carbocycles. The number of likely N-dealkylation sites (N-methyl/N-ethyl adjacent to an activating group) is 1. The first-order valence-corrected chi connectivity index (χ1v) is 37.9. The van der Waals surface area contributed by atoms with E-state index >= 15 is 0 Å². The maximum atomic E-state index is 12.9. The number of hydrogen-bond donors (Lipinski definition) is 1. The summed E-state index contributed by atoms with van der Waals surface area (Å²) in [6.45, 7) is 4.70. The van der Waals surface area contributed by atoms with Crippen LogP contribution < -0.4 is 0 Å². The number of rotatable bonds is 68. The molecule has 2 unspecified atom stereocenters. The summed E-state index contributed by atoms with van der Waals surface area (Å²) < 4.78 is 22.9. The highest BCUT2D eigenvalue weighted by molar-refractivity contribution is 5.71. The molecule has 0 aromatic carbocycles. The van der Waals surface area contributed by atoms with E-state index in [9.17, 15) is 19.5 Å². The van der Waals surface area contributed by atoms with Gasteiger partial charge in [0.1, 0.15) is 13.2 Å². The van der Waals surface area contributed by atoms with Crippen molar-refractivity contribution in [2.24, 2.45) is 0 Å². The van der Waals surface area contributed by atoms with Crippen LogP contribution >= 0.6 is 0 Å². The van der Waals surface area contributed by atoms with Crippen LogP contribution in [0.25, 0.3) is 0 Å². The molecule has 0 spiro atoms. The topological polar surface area (TPSA) is 108 Å². The molecule has 9 nitrogen and oxygen atoms in total. The van der Waals surface area contributed by atoms with Gasteiger partial charge in [-0.15, -0.1) is 0 Å². The van der Waals surface area contributed by atoms with Crippen LogP contribution in [0.3, 0.4) is 0 Å². The third kappa shape index (κ3) is 75.6. The number of unbranched alkanes of at least 4 members (excludes halogenated alkanes) is 23. The number of quaternary nitrogens is 1. The van der Waals surface area contributed by atoms with Gasteiger partial charge in [-0.2, -0.15) is 0 Å². The van der Waals surface area contributed by atoms with Crippen LogP contribution in [-0.4, -0.2) is 87.4 Å². The highest BCUT2D eigenvalue weighted by atomic mass is 16.7. The van der Waals surface area contributed by atoms with Crippen molar-refractivity contribution in [3.63, 3.8) is 0 Å². The van der Waals surface area contributed by atoms with Gasteiger partial charge < -0.3 is 28.5 Å². The quantitative estimate of drug-likeness (QED) is 0.0211. The van der Waals surface area contributed by atoms with Crippen molar-refractivity contribution in [2.45, 2.75) is 296 Å². The zero-order valence-corrected chi connectivity index (χ0v) is 61.3. The second-order valence-corrected chi connectivity index (χ2v) is 25.9. The number of ether oxygens (including phenoxy) is 4. The number of esters is 2. The van der Waals surface area contributed by atoms with Gasteiger partial charge in [-0.05, 0) is 141 Å². The van der Waals surface area contributed by atoms with Crippen LogP contribution in [0.2, 0.25) is 0 Å². The maximum Gasteiger partial charge on any atom is 0.361 e. The molecule has 0 radical (unpaired) electrons. The van der Waals surface area contributed by atoms with Crippen LogP contribution in [0, 0.1) is 0 Å². The molecule has 0 amide bonds. The van der Waals surface area contributed by atoms with E-state index in [0.29, 0.717) is 17.4 Å². The molecule has 0 saturated heterocycles. The Hall–Kier alpha value is -5.61. The SMILES string of the molecule is CC/C=C\C/C=C\C/C=C\C/C=C\C/C=C\C/C=C\C/C=C\C/C=C\C/C=C\C/C=C\C/C=C\C/C=C\CCCCC(=O)OC(COC(=O)CCCCCCCCCCCCCCCCCC/C=C\C/C=C\C/C=C\CCCCCCC)COC(OCC[N+](C)(C)C)C(=O)O. The van der Waals surface area contributed by atoms with Gasteiger partial charge >= 0.3 is 17.9 Å². The zero-order valence-electron chi connectivity index (χ0n) is 61.3. The van der Waals surface area contributed by atoms with Crippen LogP contribution in [0.15, 0.2) is 182 Å². The number of aliphatic carboxylic acids is 1. The molecule has 0 aliphatic heterocycles. The molecule has 0 heterocycles. The molecule has 0 aliphatic rings. The lowest BCUT2D eigenvalue weighted by molar-refractivity contribution is -0.870. The van der Waals surface area contributed by atoms with Gasteiger partial charge in [-0.1, -0.05) is 312 Å². The van der Waals surface area contributed by atoms with Gasteiger partial charge in [0.2, 0.25) is 0 Å². The Labute approximate surface area is 583 Å². The predicted molar refractivity (Wildman–Crippen MR) is 409 cm³/mol. The molecular weight excluding hydrogens is 1170 g/mol. The summed E-state index contributed by atoms with van der Waals surface area (Å²) in [6.07, 6.45) is 110. The standard InChI is InChI=1S/C86H139NO8/c1-6-8-10-12-14-16-18-20-22-24-26-28-30-32-34-36-38-39-40-41-42-43-44-45-47-49-51-53-55-57-59-61-63-65-67-69-71-73-75-77-84(89)95-82(81-94-86(85(90)91)92-79-78-87(3,4)5)80-93-83(88)76-74-72-70-68-66-64-62-60-58-56-54-52-50-48-46-37-35-33-31-29-27-25-23-21-19-17-15-13-11-9-7-2/h8,10,14,16,19-22,25-28,31-34,38-39,41-42,44-45,49,51,55,57,61,63,67,69,82,86H,6-7,9,11-13,15,17-18,23-24,29-30,35-37,40,43,46-48,50,52-54,56,58-60,62,64-66,68,70-81H2,1-5H3/p+1/b10-8-,16-14-,21-19-,22-20-,27-25-,28-26-,33-31-,34-32-,39-38-,42-41-,45-44-,51-49-,57-55-,63-61-,69-67-. The molecular formula is C86H140NO8+. The zero-order chi connectivity index (χ0) is 69.0. The number of allylic oxidation sites excluding steroid dienone is 30. The second kappa shape index (κ2) is 74.2. The van der Waals surface area contributed by atoms with Gasteiger partial charge in [-0.3, -0.25) is 9.59 Å². The molecule has 0 rings (SSSR count). The number of nitrogens with zero attached hydrogens (tertiary/aromatic N) is 1. The van der Waals surface area contributed by atoms with E-state index in [1.807, 2.05) is 21.1 Å². The van der Waals surface area contributed by atoms with Gasteiger partial charge in [-0.25, -0.2) is 4.79 Å². The molecule has 1 N–H and O–H groups in total.